The van der Waals surface area contributed by atoms with Crippen molar-refractivity contribution in [3.63, 3.8) is 0 Å². The SMILES string of the molecule is C1=C2c3ccc4[nH]c5ccccc5c4c3OC2C2C(=C1)N(c1ccccc1)c1ccccc12. The third-order valence-corrected chi connectivity index (χ3v) is 7.33. The van der Waals surface area contributed by atoms with Crippen LogP contribution in [-0.2, 0) is 0 Å². The average Bonchev–Trinajstić information content (AvgIpc) is 3.53. The van der Waals surface area contributed by atoms with Crippen LogP contribution in [0, 0.1) is 0 Å². The summed E-state index contributed by atoms with van der Waals surface area (Å²) in [4.78, 5) is 5.95. The van der Waals surface area contributed by atoms with Gasteiger partial charge in [0, 0.05) is 39.1 Å². The van der Waals surface area contributed by atoms with Gasteiger partial charge in [-0.3, -0.25) is 0 Å². The van der Waals surface area contributed by atoms with Crippen molar-refractivity contribution in [3.8, 4) is 5.75 Å². The molecule has 3 heteroatoms. The van der Waals surface area contributed by atoms with E-state index in [1.165, 1.54) is 44.5 Å². The van der Waals surface area contributed by atoms with Gasteiger partial charge in [-0.15, -0.1) is 0 Å². The van der Waals surface area contributed by atoms with Crippen molar-refractivity contribution in [1.29, 1.82) is 0 Å². The van der Waals surface area contributed by atoms with Crippen LogP contribution in [0.5, 0.6) is 5.75 Å². The highest BCUT2D eigenvalue weighted by atomic mass is 16.5. The molecule has 1 N–H and O–H groups in total. The van der Waals surface area contributed by atoms with E-state index in [0.29, 0.717) is 0 Å². The molecule has 3 aliphatic rings. The number of anilines is 2. The first-order valence-corrected chi connectivity index (χ1v) is 11.4. The van der Waals surface area contributed by atoms with Crippen molar-refractivity contribution in [2.75, 3.05) is 4.90 Å². The zero-order valence-electron chi connectivity index (χ0n) is 17.8. The van der Waals surface area contributed by atoms with Gasteiger partial charge in [-0.25, -0.2) is 0 Å². The number of allylic oxidation sites excluding steroid dienone is 2. The van der Waals surface area contributed by atoms with Crippen molar-refractivity contribution in [3.05, 3.63) is 120 Å². The van der Waals surface area contributed by atoms with Crippen molar-refractivity contribution in [1.82, 2.24) is 4.98 Å². The summed E-state index contributed by atoms with van der Waals surface area (Å²) in [5, 5.41) is 2.40. The molecule has 0 spiro atoms. The second-order valence-electron chi connectivity index (χ2n) is 8.99. The Morgan fingerprint density at radius 1 is 0.727 bits per heavy atom. The standard InChI is InChI=1S/C30H20N2O/c1-2-8-18(9-3-1)32-25-13-7-5-11-22(25)28-26(32)17-15-20-19-14-16-24-27(29(19)33-30(20)28)21-10-4-6-12-23(21)31-24/h1-17,28,30-31H. The molecule has 2 aliphatic heterocycles. The monoisotopic (exact) mass is 424 g/mol. The zero-order valence-corrected chi connectivity index (χ0v) is 17.8. The molecule has 5 aromatic rings. The van der Waals surface area contributed by atoms with Gasteiger partial charge in [-0.05, 0) is 48.0 Å². The molecule has 0 bridgehead atoms. The van der Waals surface area contributed by atoms with Crippen LogP contribution in [0.25, 0.3) is 27.4 Å². The van der Waals surface area contributed by atoms with Crippen LogP contribution in [0.2, 0.25) is 0 Å². The minimum absolute atomic E-state index is 0.0332. The lowest BCUT2D eigenvalue weighted by Crippen LogP contribution is -2.27. The molecule has 156 valence electrons. The van der Waals surface area contributed by atoms with E-state index >= 15 is 0 Å². The first kappa shape index (κ1) is 17.3. The van der Waals surface area contributed by atoms with Gasteiger partial charge in [0.1, 0.15) is 11.9 Å². The highest BCUT2D eigenvalue weighted by molar-refractivity contribution is 6.13. The highest BCUT2D eigenvalue weighted by Crippen LogP contribution is 2.57. The smallest absolute Gasteiger partial charge is 0.137 e. The Bertz CT molecular complexity index is 1660. The lowest BCUT2D eigenvalue weighted by Gasteiger charge is -2.29. The maximum Gasteiger partial charge on any atom is 0.137 e. The fraction of sp³-hybridized carbons (Fsp3) is 0.0667. The van der Waals surface area contributed by atoms with Crippen molar-refractivity contribution < 1.29 is 4.74 Å². The van der Waals surface area contributed by atoms with Crippen LogP contribution < -0.4 is 9.64 Å². The maximum atomic E-state index is 6.89. The Hall–Kier alpha value is -4.24. The molecule has 4 aromatic carbocycles. The molecule has 0 saturated heterocycles. The number of hydrogen-bond acceptors (Lipinski definition) is 2. The summed E-state index contributed by atoms with van der Waals surface area (Å²) in [6, 6.07) is 32.3. The average molecular weight is 425 g/mol. The third-order valence-electron chi connectivity index (χ3n) is 7.33. The van der Waals surface area contributed by atoms with Gasteiger partial charge in [0.25, 0.3) is 0 Å². The minimum Gasteiger partial charge on any atom is -0.483 e. The second kappa shape index (κ2) is 6.17. The molecule has 0 amide bonds. The minimum atomic E-state index is -0.0332. The summed E-state index contributed by atoms with van der Waals surface area (Å²) in [5.74, 6) is 1.17. The normalized spacial score (nSPS) is 20.1. The largest absolute Gasteiger partial charge is 0.483 e. The number of benzene rings is 4. The van der Waals surface area contributed by atoms with Crippen LogP contribution in [-0.4, -0.2) is 11.1 Å². The fourth-order valence-corrected chi connectivity index (χ4v) is 5.96. The lowest BCUT2D eigenvalue weighted by molar-refractivity contribution is 0.258. The first-order chi connectivity index (χ1) is 16.4. The summed E-state index contributed by atoms with van der Waals surface area (Å²) < 4.78 is 6.89. The Morgan fingerprint density at radius 3 is 2.48 bits per heavy atom. The molecule has 3 heterocycles. The molecule has 2 atom stereocenters. The number of hydrogen-bond donors (Lipinski definition) is 1. The van der Waals surface area contributed by atoms with Gasteiger partial charge >= 0.3 is 0 Å². The van der Waals surface area contributed by atoms with Gasteiger partial charge in [0.05, 0.1) is 16.8 Å². The number of H-pyrrole nitrogens is 1. The quantitative estimate of drug-likeness (QED) is 0.306. The van der Waals surface area contributed by atoms with E-state index in [4.69, 9.17) is 4.74 Å². The number of nitrogens with one attached hydrogen (secondary N) is 1. The molecule has 8 rings (SSSR count). The zero-order chi connectivity index (χ0) is 21.5. The Labute approximate surface area is 191 Å². The number of aromatic amines is 1. The summed E-state index contributed by atoms with van der Waals surface area (Å²) in [6.07, 6.45) is 4.53. The van der Waals surface area contributed by atoms with Gasteiger partial charge in [0.15, 0.2) is 0 Å². The van der Waals surface area contributed by atoms with E-state index in [1.807, 2.05) is 0 Å². The molecule has 1 aliphatic carbocycles. The molecular formula is C30H20N2O. The van der Waals surface area contributed by atoms with Gasteiger partial charge < -0.3 is 14.6 Å². The summed E-state index contributed by atoms with van der Waals surface area (Å²) in [6.45, 7) is 0. The van der Waals surface area contributed by atoms with Gasteiger partial charge in [-0.1, -0.05) is 60.7 Å². The Kier molecular flexibility index (Phi) is 3.24. The molecule has 0 radical (unpaired) electrons. The van der Waals surface area contributed by atoms with Crippen LogP contribution >= 0.6 is 0 Å². The third kappa shape index (κ3) is 2.19. The predicted octanol–water partition coefficient (Wildman–Crippen LogP) is 7.30. The Morgan fingerprint density at radius 2 is 1.55 bits per heavy atom. The first-order valence-electron chi connectivity index (χ1n) is 11.4. The van der Waals surface area contributed by atoms with Gasteiger partial charge in [-0.2, -0.15) is 0 Å². The number of rotatable bonds is 1. The summed E-state index contributed by atoms with van der Waals surface area (Å²) in [5.41, 5.74) is 9.79. The number of para-hydroxylation sites is 3. The molecule has 2 unspecified atom stereocenters. The van der Waals surface area contributed by atoms with E-state index in [-0.39, 0.29) is 12.0 Å². The second-order valence-corrected chi connectivity index (χ2v) is 8.99. The molecule has 0 saturated carbocycles. The van der Waals surface area contributed by atoms with Crippen molar-refractivity contribution in [2.24, 2.45) is 0 Å². The molecule has 1 aromatic heterocycles. The van der Waals surface area contributed by atoms with Gasteiger partial charge in [0.2, 0.25) is 0 Å². The van der Waals surface area contributed by atoms with Crippen molar-refractivity contribution in [2.45, 2.75) is 12.0 Å². The summed E-state index contributed by atoms with van der Waals surface area (Å²) in [7, 11) is 0. The van der Waals surface area contributed by atoms with Crippen LogP contribution in [0.3, 0.4) is 0 Å². The van der Waals surface area contributed by atoms with E-state index < -0.39 is 0 Å². The maximum absolute atomic E-state index is 6.89. The number of aromatic nitrogens is 1. The topological polar surface area (TPSA) is 28.3 Å². The van der Waals surface area contributed by atoms with E-state index in [1.54, 1.807) is 0 Å². The highest BCUT2D eigenvalue weighted by Gasteiger charge is 2.47. The predicted molar refractivity (Wildman–Crippen MR) is 134 cm³/mol. The van der Waals surface area contributed by atoms with Crippen molar-refractivity contribution >= 4 is 38.8 Å². The van der Waals surface area contributed by atoms with Crippen LogP contribution in [0.15, 0.2) is 109 Å². The van der Waals surface area contributed by atoms with E-state index in [0.717, 1.165) is 16.8 Å². The molecule has 3 nitrogen and oxygen atoms in total. The lowest BCUT2D eigenvalue weighted by atomic mass is 9.83. The number of nitrogens with zero attached hydrogens (tertiary/aromatic N) is 1. The molecule has 0 fully saturated rings. The summed E-state index contributed by atoms with van der Waals surface area (Å²) >= 11 is 0. The molecule has 33 heavy (non-hydrogen) atoms. The number of fused-ring (bicyclic) bond motifs is 11. The Balaban J connectivity index is 1.35. The number of ether oxygens (including phenoxy) is 1. The van der Waals surface area contributed by atoms with Crippen LogP contribution in [0.1, 0.15) is 17.0 Å². The fourth-order valence-electron chi connectivity index (χ4n) is 5.96. The van der Waals surface area contributed by atoms with E-state index in [9.17, 15) is 0 Å². The van der Waals surface area contributed by atoms with Crippen LogP contribution in [0.4, 0.5) is 11.4 Å². The van der Waals surface area contributed by atoms with E-state index in [2.05, 4.69) is 113 Å². The molecular weight excluding hydrogens is 404 g/mol.